The largest absolute Gasteiger partial charge is 0.295 e. The number of hydrogen-bond donors (Lipinski definition) is 0. The summed E-state index contributed by atoms with van der Waals surface area (Å²) >= 11 is 3.43. The predicted octanol–water partition coefficient (Wildman–Crippen LogP) is 4.00. The van der Waals surface area contributed by atoms with Crippen LogP contribution in [0.3, 0.4) is 0 Å². The second kappa shape index (κ2) is 6.50. The van der Waals surface area contributed by atoms with E-state index >= 15 is 0 Å². The summed E-state index contributed by atoms with van der Waals surface area (Å²) in [6.07, 6.45) is 8.62. The molecule has 0 N–H and O–H groups in total. The van der Waals surface area contributed by atoms with Gasteiger partial charge in [-0.1, -0.05) is 19.8 Å². The molecule has 0 spiro atoms. The lowest BCUT2D eigenvalue weighted by Crippen LogP contribution is -2.38. The Balaban J connectivity index is 1.97. The molecule has 1 fully saturated rings. The average molecular weight is 297 g/mol. The number of piperidine rings is 1. The SMILES string of the molecule is CCCC1CCCCN1Cc1ccc(Br)cn1. The van der Waals surface area contributed by atoms with Gasteiger partial charge in [0.25, 0.3) is 0 Å². The highest BCUT2D eigenvalue weighted by atomic mass is 79.9. The Morgan fingerprint density at radius 3 is 3.00 bits per heavy atom. The van der Waals surface area contributed by atoms with Gasteiger partial charge in [-0.2, -0.15) is 0 Å². The van der Waals surface area contributed by atoms with Gasteiger partial charge in [-0.15, -0.1) is 0 Å². The van der Waals surface area contributed by atoms with Gasteiger partial charge in [0, 0.05) is 23.3 Å². The van der Waals surface area contributed by atoms with Gasteiger partial charge in [0.15, 0.2) is 0 Å². The van der Waals surface area contributed by atoms with E-state index in [1.807, 2.05) is 6.20 Å². The molecule has 0 bridgehead atoms. The van der Waals surface area contributed by atoms with Crippen molar-refractivity contribution in [3.63, 3.8) is 0 Å². The van der Waals surface area contributed by atoms with Crippen LogP contribution in [0.4, 0.5) is 0 Å². The topological polar surface area (TPSA) is 16.1 Å². The van der Waals surface area contributed by atoms with E-state index in [1.54, 1.807) is 0 Å². The molecule has 1 aromatic rings. The number of halogens is 1. The molecule has 2 heterocycles. The van der Waals surface area contributed by atoms with Crippen molar-refractivity contribution in [3.05, 3.63) is 28.5 Å². The van der Waals surface area contributed by atoms with Crippen LogP contribution in [0, 0.1) is 0 Å². The lowest BCUT2D eigenvalue weighted by atomic mass is 9.98. The first-order valence-corrected chi connectivity index (χ1v) is 7.43. The number of likely N-dealkylation sites (tertiary alicyclic amines) is 1. The van der Waals surface area contributed by atoms with Crippen LogP contribution in [0.2, 0.25) is 0 Å². The number of aromatic nitrogens is 1. The van der Waals surface area contributed by atoms with Gasteiger partial charge in [-0.25, -0.2) is 0 Å². The highest BCUT2D eigenvalue weighted by Gasteiger charge is 2.21. The summed E-state index contributed by atoms with van der Waals surface area (Å²) in [5.74, 6) is 0. The van der Waals surface area contributed by atoms with Gasteiger partial charge in [0.2, 0.25) is 0 Å². The molecule has 1 aliphatic heterocycles. The Labute approximate surface area is 113 Å². The summed E-state index contributed by atoms with van der Waals surface area (Å²) in [6.45, 7) is 4.53. The Morgan fingerprint density at radius 2 is 2.29 bits per heavy atom. The lowest BCUT2D eigenvalue weighted by molar-refractivity contribution is 0.130. The van der Waals surface area contributed by atoms with E-state index in [2.05, 4.69) is 44.9 Å². The average Bonchev–Trinajstić information content (AvgIpc) is 2.35. The van der Waals surface area contributed by atoms with Gasteiger partial charge < -0.3 is 0 Å². The smallest absolute Gasteiger partial charge is 0.0544 e. The molecule has 0 aliphatic carbocycles. The third kappa shape index (κ3) is 3.78. The third-order valence-electron chi connectivity index (χ3n) is 3.52. The zero-order valence-electron chi connectivity index (χ0n) is 10.5. The maximum atomic E-state index is 4.48. The molecule has 0 saturated carbocycles. The van der Waals surface area contributed by atoms with Gasteiger partial charge in [-0.3, -0.25) is 9.88 Å². The molecule has 1 aromatic heterocycles. The van der Waals surface area contributed by atoms with Crippen LogP contribution < -0.4 is 0 Å². The molecular formula is C14H21BrN2. The molecule has 0 amide bonds. The van der Waals surface area contributed by atoms with Gasteiger partial charge in [-0.05, 0) is 53.9 Å². The molecular weight excluding hydrogens is 276 g/mol. The zero-order chi connectivity index (χ0) is 12.1. The first kappa shape index (κ1) is 13.0. The molecule has 17 heavy (non-hydrogen) atoms. The Morgan fingerprint density at radius 1 is 1.41 bits per heavy atom. The molecule has 1 atom stereocenters. The first-order valence-electron chi connectivity index (χ1n) is 6.64. The van der Waals surface area contributed by atoms with E-state index in [0.29, 0.717) is 0 Å². The molecule has 2 rings (SSSR count). The molecule has 1 unspecified atom stereocenters. The highest BCUT2D eigenvalue weighted by molar-refractivity contribution is 9.10. The zero-order valence-corrected chi connectivity index (χ0v) is 12.1. The molecule has 2 nitrogen and oxygen atoms in total. The molecule has 94 valence electrons. The molecule has 3 heteroatoms. The van der Waals surface area contributed by atoms with E-state index in [4.69, 9.17) is 0 Å². The fraction of sp³-hybridized carbons (Fsp3) is 0.643. The molecule has 1 saturated heterocycles. The molecule has 0 aromatic carbocycles. The van der Waals surface area contributed by atoms with Crippen molar-refractivity contribution in [1.29, 1.82) is 0 Å². The van der Waals surface area contributed by atoms with Crippen LogP contribution in [0.25, 0.3) is 0 Å². The molecule has 1 aliphatic rings. The lowest BCUT2D eigenvalue weighted by Gasteiger charge is -2.35. The summed E-state index contributed by atoms with van der Waals surface area (Å²) in [5.41, 5.74) is 1.19. The van der Waals surface area contributed by atoms with Crippen molar-refractivity contribution in [1.82, 2.24) is 9.88 Å². The van der Waals surface area contributed by atoms with E-state index < -0.39 is 0 Å². The minimum absolute atomic E-state index is 0.777. The summed E-state index contributed by atoms with van der Waals surface area (Å²) in [7, 11) is 0. The van der Waals surface area contributed by atoms with Crippen LogP contribution in [-0.2, 0) is 6.54 Å². The fourth-order valence-corrected chi connectivity index (χ4v) is 2.87. The summed E-state index contributed by atoms with van der Waals surface area (Å²) < 4.78 is 1.06. The highest BCUT2D eigenvalue weighted by Crippen LogP contribution is 2.22. The van der Waals surface area contributed by atoms with Crippen LogP contribution in [0.15, 0.2) is 22.8 Å². The maximum absolute atomic E-state index is 4.48. The van der Waals surface area contributed by atoms with Crippen molar-refractivity contribution in [2.75, 3.05) is 6.54 Å². The van der Waals surface area contributed by atoms with Gasteiger partial charge in [0.1, 0.15) is 0 Å². The fourth-order valence-electron chi connectivity index (χ4n) is 2.64. The number of pyridine rings is 1. The van der Waals surface area contributed by atoms with Crippen molar-refractivity contribution >= 4 is 15.9 Å². The van der Waals surface area contributed by atoms with Crippen molar-refractivity contribution in [2.24, 2.45) is 0 Å². The summed E-state index contributed by atoms with van der Waals surface area (Å²) in [5, 5.41) is 0. The summed E-state index contributed by atoms with van der Waals surface area (Å²) in [6, 6.07) is 4.99. The van der Waals surface area contributed by atoms with E-state index in [1.165, 1.54) is 44.3 Å². The third-order valence-corrected chi connectivity index (χ3v) is 3.99. The normalized spacial score (nSPS) is 21.6. The van der Waals surface area contributed by atoms with Crippen molar-refractivity contribution in [2.45, 2.75) is 51.6 Å². The first-order chi connectivity index (χ1) is 8.29. The quantitative estimate of drug-likeness (QED) is 0.835. The van der Waals surface area contributed by atoms with E-state index in [0.717, 1.165) is 17.1 Å². The molecule has 0 radical (unpaired) electrons. The van der Waals surface area contributed by atoms with Crippen LogP contribution in [0.5, 0.6) is 0 Å². The minimum Gasteiger partial charge on any atom is -0.295 e. The van der Waals surface area contributed by atoms with E-state index in [-0.39, 0.29) is 0 Å². The van der Waals surface area contributed by atoms with Gasteiger partial charge >= 0.3 is 0 Å². The minimum atomic E-state index is 0.777. The van der Waals surface area contributed by atoms with Crippen LogP contribution >= 0.6 is 15.9 Å². The van der Waals surface area contributed by atoms with Gasteiger partial charge in [0.05, 0.1) is 5.69 Å². The number of hydrogen-bond acceptors (Lipinski definition) is 2. The maximum Gasteiger partial charge on any atom is 0.0544 e. The van der Waals surface area contributed by atoms with Crippen molar-refractivity contribution < 1.29 is 0 Å². The Bertz CT molecular complexity index is 335. The number of nitrogens with zero attached hydrogens (tertiary/aromatic N) is 2. The second-order valence-corrected chi connectivity index (χ2v) is 5.79. The Hall–Kier alpha value is -0.410. The van der Waals surface area contributed by atoms with E-state index in [9.17, 15) is 0 Å². The van der Waals surface area contributed by atoms with Crippen LogP contribution in [-0.4, -0.2) is 22.5 Å². The van der Waals surface area contributed by atoms with Crippen molar-refractivity contribution in [3.8, 4) is 0 Å². The monoisotopic (exact) mass is 296 g/mol. The predicted molar refractivity (Wildman–Crippen MR) is 74.9 cm³/mol. The standard InChI is InChI=1S/C14H21BrN2/c1-2-5-14-6-3-4-9-17(14)11-13-8-7-12(15)10-16-13/h7-8,10,14H,2-6,9,11H2,1H3. The Kier molecular flexibility index (Phi) is 4.99. The number of rotatable bonds is 4. The van der Waals surface area contributed by atoms with Crippen LogP contribution in [0.1, 0.15) is 44.7 Å². The summed E-state index contributed by atoms with van der Waals surface area (Å²) in [4.78, 5) is 7.09. The second-order valence-electron chi connectivity index (χ2n) is 4.88.